The van der Waals surface area contributed by atoms with E-state index in [1.54, 1.807) is 43.5 Å². The molecule has 0 aliphatic carbocycles. The maximum atomic E-state index is 14.7. The maximum absolute atomic E-state index is 14.7. The number of aromatic nitrogens is 3. The van der Waals surface area contributed by atoms with Crippen LogP contribution in [0.25, 0.3) is 10.9 Å². The van der Waals surface area contributed by atoms with Crippen LogP contribution in [0.5, 0.6) is 11.5 Å². The number of phenolic OH excluding ortho intramolecular Hbond substituents is 2. The molecule has 0 spiro atoms. The molecule has 2 aliphatic rings. The van der Waals surface area contributed by atoms with Crippen molar-refractivity contribution in [1.82, 2.24) is 67.7 Å². The van der Waals surface area contributed by atoms with Gasteiger partial charge in [0, 0.05) is 68.5 Å². The highest BCUT2D eigenvalue weighted by Crippen LogP contribution is 2.23. The Balaban J connectivity index is 1.10. The molecule has 2 fully saturated rings. The normalized spacial score (nSPS) is 17.1. The molecule has 0 radical (unpaired) electrons. The minimum Gasteiger partial charge on any atom is -0.508 e. The number of likely N-dealkylation sites (tertiary alicyclic amines) is 1. The van der Waals surface area contributed by atoms with E-state index in [0.29, 0.717) is 47.2 Å². The summed E-state index contributed by atoms with van der Waals surface area (Å²) < 4.78 is 0. The standard InChI is InChI=1S/C62H81N13O13/c1-6-64-61(87)52-12-9-23-75(52)62(88)50(27-37-15-19-41(78)20-16-37)73-56(82)46(25-35(4)5)68-55(81)45(24-34(2)3)69-57(83)47(26-36-13-17-40(77)18-14-36)70-60(86)51(32-76)74-58(84)48(28-38-30-65-43-11-8-7-10-42(38)43)71-59(85)49(29-39-31-63-33-66-39)72-54(80)44-21-22-53(79)67-44/h7-8,10-11,13-20,30-31,33-35,44-52,65,76-78H,6,9,12,21-29,32H2,1-5H3,(H,63,66)(H,64,87)(H,67,79)(H,68,81)(H,69,83)(H,70,86)(H,71,85)(H,72,80)(H,73,82)(H,74,84)/t44-,45+,46-,47-,48-,49-,50-,51-,52-/m0/s1. The number of phenols is 2. The number of aromatic hydroxyl groups is 2. The van der Waals surface area contributed by atoms with Gasteiger partial charge in [-0.25, -0.2) is 4.98 Å². The lowest BCUT2D eigenvalue weighted by Gasteiger charge is -2.31. The summed E-state index contributed by atoms with van der Waals surface area (Å²) >= 11 is 0. The van der Waals surface area contributed by atoms with E-state index in [1.165, 1.54) is 53.8 Å². The maximum Gasteiger partial charge on any atom is 0.246 e. The van der Waals surface area contributed by atoms with Gasteiger partial charge in [-0.05, 0) is 97.9 Å². The predicted molar refractivity (Wildman–Crippen MR) is 322 cm³/mol. The van der Waals surface area contributed by atoms with Gasteiger partial charge < -0.3 is 78.0 Å². The molecule has 472 valence electrons. The fourth-order valence-corrected chi connectivity index (χ4v) is 10.8. The summed E-state index contributed by atoms with van der Waals surface area (Å²) in [5, 5.41) is 56.0. The Kier molecular flexibility index (Phi) is 23.6. The van der Waals surface area contributed by atoms with E-state index in [0.717, 1.165) is 5.52 Å². The zero-order valence-corrected chi connectivity index (χ0v) is 50.0. The number of H-pyrrole nitrogens is 2. The van der Waals surface area contributed by atoms with Gasteiger partial charge in [-0.3, -0.25) is 47.9 Å². The molecule has 3 aromatic carbocycles. The number of nitrogens with one attached hydrogen (secondary N) is 11. The Labute approximate surface area is 509 Å². The van der Waals surface area contributed by atoms with Gasteiger partial charge in [0.25, 0.3) is 0 Å². The Morgan fingerprint density at radius 1 is 0.602 bits per heavy atom. The van der Waals surface area contributed by atoms with Gasteiger partial charge in [-0.15, -0.1) is 0 Å². The number of aromatic amines is 2. The van der Waals surface area contributed by atoms with Gasteiger partial charge in [0.15, 0.2) is 0 Å². The number of amides is 10. The van der Waals surface area contributed by atoms with Crippen LogP contribution in [0.2, 0.25) is 0 Å². The summed E-state index contributed by atoms with van der Waals surface area (Å²) in [4.78, 5) is 152. The number of rotatable bonds is 30. The van der Waals surface area contributed by atoms with E-state index >= 15 is 0 Å². The van der Waals surface area contributed by atoms with Gasteiger partial charge in [0.05, 0.1) is 18.6 Å². The number of benzene rings is 3. The van der Waals surface area contributed by atoms with Gasteiger partial charge in [-0.1, -0.05) is 70.2 Å². The smallest absolute Gasteiger partial charge is 0.246 e. The quantitative estimate of drug-likeness (QED) is 0.0297. The molecule has 0 saturated carbocycles. The van der Waals surface area contributed by atoms with Crippen LogP contribution in [0.15, 0.2) is 91.5 Å². The number of fused-ring (bicyclic) bond motifs is 1. The Hall–Kier alpha value is -9.33. The van der Waals surface area contributed by atoms with E-state index in [1.807, 2.05) is 33.8 Å². The molecule has 0 unspecified atom stereocenters. The number of aliphatic hydroxyl groups excluding tert-OH is 1. The molecule has 26 nitrogen and oxygen atoms in total. The molecule has 9 atom stereocenters. The molecule has 4 heterocycles. The predicted octanol–water partition coefficient (Wildman–Crippen LogP) is 0.457. The van der Waals surface area contributed by atoms with Crippen molar-refractivity contribution < 1.29 is 63.3 Å². The number of aliphatic hydroxyl groups is 1. The number of carbonyl (C=O) groups is 10. The lowest BCUT2D eigenvalue weighted by molar-refractivity contribution is -0.142. The molecule has 26 heteroatoms. The zero-order chi connectivity index (χ0) is 63.6. The van der Waals surface area contributed by atoms with Crippen molar-refractivity contribution >= 4 is 70.0 Å². The van der Waals surface area contributed by atoms with Crippen LogP contribution >= 0.6 is 0 Å². The molecule has 14 N–H and O–H groups in total. The van der Waals surface area contributed by atoms with Crippen molar-refractivity contribution in [2.24, 2.45) is 11.8 Å². The second kappa shape index (κ2) is 31.4. The summed E-state index contributed by atoms with van der Waals surface area (Å²) in [5.74, 6) is -7.48. The van der Waals surface area contributed by atoms with Crippen LogP contribution in [-0.2, 0) is 73.6 Å². The average Bonchev–Trinajstić information content (AvgIpc) is 4.49. The van der Waals surface area contributed by atoms with E-state index in [4.69, 9.17) is 0 Å². The van der Waals surface area contributed by atoms with E-state index in [-0.39, 0.29) is 93.1 Å². The van der Waals surface area contributed by atoms with Crippen LogP contribution in [0.4, 0.5) is 0 Å². The van der Waals surface area contributed by atoms with Gasteiger partial charge in [-0.2, -0.15) is 0 Å². The topological polar surface area (TPSA) is 387 Å². The van der Waals surface area contributed by atoms with Gasteiger partial charge in [0.1, 0.15) is 65.9 Å². The molecule has 7 rings (SSSR count). The fourth-order valence-electron chi connectivity index (χ4n) is 10.8. The third-order valence-corrected chi connectivity index (χ3v) is 15.3. The third-order valence-electron chi connectivity index (χ3n) is 15.3. The monoisotopic (exact) mass is 1220 g/mol. The van der Waals surface area contributed by atoms with E-state index < -0.39 is 108 Å². The molecule has 2 aromatic heterocycles. The van der Waals surface area contributed by atoms with Crippen molar-refractivity contribution in [3.8, 4) is 11.5 Å². The largest absolute Gasteiger partial charge is 0.508 e. The first-order valence-electron chi connectivity index (χ1n) is 29.8. The highest BCUT2D eigenvalue weighted by atomic mass is 16.3. The lowest BCUT2D eigenvalue weighted by Crippen LogP contribution is -2.61. The van der Waals surface area contributed by atoms with Crippen LogP contribution < -0.4 is 47.9 Å². The molecular formula is C62H81N13O13. The number of carbonyl (C=O) groups excluding carboxylic acids is 10. The second-order valence-electron chi connectivity index (χ2n) is 23.2. The molecule has 0 bridgehead atoms. The van der Waals surface area contributed by atoms with Crippen molar-refractivity contribution in [2.75, 3.05) is 19.7 Å². The third kappa shape index (κ3) is 18.6. The van der Waals surface area contributed by atoms with Gasteiger partial charge >= 0.3 is 0 Å². The molecule has 2 aliphatic heterocycles. The summed E-state index contributed by atoms with van der Waals surface area (Å²) in [6.45, 7) is 8.67. The molecule has 10 amide bonds. The molecular weight excluding hydrogens is 1130 g/mol. The van der Waals surface area contributed by atoms with Crippen LogP contribution in [0, 0.1) is 11.8 Å². The van der Waals surface area contributed by atoms with Crippen molar-refractivity contribution in [1.29, 1.82) is 0 Å². The van der Waals surface area contributed by atoms with Crippen molar-refractivity contribution in [3.63, 3.8) is 0 Å². The first-order valence-corrected chi connectivity index (χ1v) is 29.8. The number of hydrogen-bond donors (Lipinski definition) is 14. The highest BCUT2D eigenvalue weighted by molar-refractivity contribution is 5.99. The summed E-state index contributed by atoms with van der Waals surface area (Å²) in [6, 6.07) is 7.56. The molecule has 2 saturated heterocycles. The average molecular weight is 1220 g/mol. The number of likely N-dealkylation sites (N-methyl/N-ethyl adjacent to an activating group) is 1. The van der Waals surface area contributed by atoms with Gasteiger partial charge in [0.2, 0.25) is 59.1 Å². The highest BCUT2D eigenvalue weighted by Gasteiger charge is 2.40. The number of hydrogen-bond acceptors (Lipinski definition) is 14. The SMILES string of the molecule is CCNC(=O)[C@@H]1CCCN1C(=O)[C@H](Cc1ccc(O)cc1)NC(=O)[C@H](CC(C)C)NC(=O)[C@@H](CC(C)C)NC(=O)[C@H](Cc1ccc(O)cc1)NC(=O)[C@H](CO)NC(=O)[C@H](Cc1c[nH]c2ccccc12)NC(=O)[C@H](Cc1c[nH]cn1)NC(=O)[C@@H]1CCC(=O)N1. The number of imidazole rings is 1. The number of para-hydroxylation sites is 1. The second-order valence-corrected chi connectivity index (χ2v) is 23.2. The Morgan fingerprint density at radius 3 is 1.65 bits per heavy atom. The minimum atomic E-state index is -1.75. The summed E-state index contributed by atoms with van der Waals surface area (Å²) in [7, 11) is 0. The fraction of sp³-hybridized carbons (Fsp3) is 0.468. The van der Waals surface area contributed by atoms with Crippen molar-refractivity contribution in [2.45, 2.75) is 153 Å². The lowest BCUT2D eigenvalue weighted by atomic mass is 9.98. The Bertz CT molecular complexity index is 3240. The van der Waals surface area contributed by atoms with Crippen LogP contribution in [0.3, 0.4) is 0 Å². The number of nitrogens with zero attached hydrogens (tertiary/aromatic N) is 2. The molecule has 88 heavy (non-hydrogen) atoms. The Morgan fingerprint density at radius 2 is 1.11 bits per heavy atom. The molecule has 5 aromatic rings. The minimum absolute atomic E-state index is 0.00973. The van der Waals surface area contributed by atoms with Crippen LogP contribution in [-0.4, -0.2) is 168 Å². The van der Waals surface area contributed by atoms with Crippen LogP contribution in [0.1, 0.15) is 95.5 Å². The van der Waals surface area contributed by atoms with E-state index in [9.17, 15) is 63.3 Å². The van der Waals surface area contributed by atoms with Crippen molar-refractivity contribution in [3.05, 3.63) is 114 Å². The first kappa shape index (κ1) is 66.2. The first-order chi connectivity index (χ1) is 42.1. The van der Waals surface area contributed by atoms with E-state index in [2.05, 4.69) is 62.8 Å². The summed E-state index contributed by atoms with van der Waals surface area (Å²) in [6.07, 6.45) is 5.43. The summed E-state index contributed by atoms with van der Waals surface area (Å²) in [5.41, 5.74) is 2.73. The zero-order valence-electron chi connectivity index (χ0n) is 50.0.